The van der Waals surface area contributed by atoms with Crippen molar-refractivity contribution >= 4 is 5.69 Å². The number of anilines is 1. The molecule has 0 saturated carbocycles. The Balaban J connectivity index is 2.20. The molecule has 1 atom stereocenters. The van der Waals surface area contributed by atoms with Crippen LogP contribution in [-0.2, 0) is 0 Å². The van der Waals surface area contributed by atoms with Crippen LogP contribution >= 0.6 is 0 Å². The first-order chi connectivity index (χ1) is 10.0. The summed E-state index contributed by atoms with van der Waals surface area (Å²) in [4.78, 5) is 2.34. The van der Waals surface area contributed by atoms with Crippen LogP contribution in [-0.4, -0.2) is 20.6 Å². The van der Waals surface area contributed by atoms with Crippen molar-refractivity contribution in [3.05, 3.63) is 64.7 Å². The average molecular weight is 282 g/mol. The summed E-state index contributed by atoms with van der Waals surface area (Å²) >= 11 is 0. The van der Waals surface area contributed by atoms with Gasteiger partial charge in [-0.15, -0.1) is 0 Å². The van der Waals surface area contributed by atoms with E-state index in [2.05, 4.69) is 80.5 Å². The van der Waals surface area contributed by atoms with E-state index < -0.39 is 0 Å². The molecule has 112 valence electrons. The van der Waals surface area contributed by atoms with Crippen LogP contribution in [0.5, 0.6) is 0 Å². The number of hydrogen-bond donors (Lipinski definition) is 1. The second kappa shape index (κ2) is 6.77. The summed E-state index contributed by atoms with van der Waals surface area (Å²) in [7, 11) is 4.20. The Morgan fingerprint density at radius 2 is 1.71 bits per heavy atom. The third-order valence-corrected chi connectivity index (χ3v) is 4.13. The van der Waals surface area contributed by atoms with Gasteiger partial charge >= 0.3 is 0 Å². The molecule has 0 bridgehead atoms. The number of benzene rings is 2. The van der Waals surface area contributed by atoms with Crippen LogP contribution in [0.25, 0.3) is 0 Å². The molecule has 2 rings (SSSR count). The van der Waals surface area contributed by atoms with Crippen molar-refractivity contribution in [2.24, 2.45) is 0 Å². The minimum absolute atomic E-state index is 0.330. The lowest BCUT2D eigenvalue weighted by molar-refractivity contribution is 0.586. The van der Waals surface area contributed by atoms with E-state index in [1.54, 1.807) is 0 Å². The molecule has 2 heteroatoms. The maximum absolute atomic E-state index is 3.45. The van der Waals surface area contributed by atoms with Crippen molar-refractivity contribution < 1.29 is 0 Å². The normalized spacial score (nSPS) is 12.2. The Hall–Kier alpha value is -1.80. The standard InChI is InChI=1S/C19H26N2/c1-14-10-11-19(16(3)12-14)21(5)13-18(20-4)17-9-7-6-8-15(17)2/h6-12,18,20H,13H2,1-5H3. The summed E-state index contributed by atoms with van der Waals surface area (Å²) in [6.45, 7) is 7.45. The van der Waals surface area contributed by atoms with E-state index >= 15 is 0 Å². The third-order valence-electron chi connectivity index (χ3n) is 4.13. The lowest BCUT2D eigenvalue weighted by Gasteiger charge is -2.28. The zero-order chi connectivity index (χ0) is 15.4. The van der Waals surface area contributed by atoms with Gasteiger partial charge in [-0.1, -0.05) is 42.0 Å². The minimum Gasteiger partial charge on any atom is -0.372 e. The van der Waals surface area contributed by atoms with Gasteiger partial charge in [0.25, 0.3) is 0 Å². The van der Waals surface area contributed by atoms with E-state index in [1.807, 2.05) is 7.05 Å². The van der Waals surface area contributed by atoms with Crippen LogP contribution in [0.15, 0.2) is 42.5 Å². The van der Waals surface area contributed by atoms with Gasteiger partial charge in [0.05, 0.1) is 0 Å². The summed E-state index contributed by atoms with van der Waals surface area (Å²) in [5, 5.41) is 3.45. The summed E-state index contributed by atoms with van der Waals surface area (Å²) in [5.41, 5.74) is 6.66. The zero-order valence-electron chi connectivity index (χ0n) is 13.8. The number of likely N-dealkylation sites (N-methyl/N-ethyl adjacent to an activating group) is 2. The number of nitrogens with one attached hydrogen (secondary N) is 1. The molecule has 0 spiro atoms. The fraction of sp³-hybridized carbons (Fsp3) is 0.368. The number of hydrogen-bond acceptors (Lipinski definition) is 2. The van der Waals surface area contributed by atoms with Gasteiger partial charge < -0.3 is 10.2 Å². The summed E-state index contributed by atoms with van der Waals surface area (Å²) in [6, 6.07) is 15.6. The van der Waals surface area contributed by atoms with Crippen LogP contribution in [0.1, 0.15) is 28.3 Å². The second-order valence-corrected chi connectivity index (χ2v) is 5.87. The molecule has 0 aliphatic carbocycles. The molecular formula is C19H26N2. The lowest BCUT2D eigenvalue weighted by atomic mass is 10.0. The van der Waals surface area contributed by atoms with Gasteiger partial charge in [0.2, 0.25) is 0 Å². The first-order valence-electron chi connectivity index (χ1n) is 7.54. The SMILES string of the molecule is CNC(CN(C)c1ccc(C)cc1C)c1ccccc1C. The van der Waals surface area contributed by atoms with Crippen molar-refractivity contribution in [3.8, 4) is 0 Å². The van der Waals surface area contributed by atoms with E-state index in [0.717, 1.165) is 6.54 Å². The molecular weight excluding hydrogens is 256 g/mol. The molecule has 1 unspecified atom stereocenters. The molecule has 0 saturated heterocycles. The fourth-order valence-corrected chi connectivity index (χ4v) is 2.93. The molecule has 0 aromatic heterocycles. The van der Waals surface area contributed by atoms with Crippen molar-refractivity contribution in [3.63, 3.8) is 0 Å². The van der Waals surface area contributed by atoms with E-state index in [4.69, 9.17) is 0 Å². The molecule has 0 radical (unpaired) electrons. The topological polar surface area (TPSA) is 15.3 Å². The number of rotatable bonds is 5. The highest BCUT2D eigenvalue weighted by molar-refractivity contribution is 5.54. The lowest BCUT2D eigenvalue weighted by Crippen LogP contribution is -2.32. The smallest absolute Gasteiger partial charge is 0.0498 e. The average Bonchev–Trinajstić information content (AvgIpc) is 2.45. The Morgan fingerprint density at radius 3 is 2.33 bits per heavy atom. The van der Waals surface area contributed by atoms with E-state index in [9.17, 15) is 0 Å². The zero-order valence-corrected chi connectivity index (χ0v) is 13.8. The summed E-state index contributed by atoms with van der Waals surface area (Å²) in [6.07, 6.45) is 0. The van der Waals surface area contributed by atoms with Crippen LogP contribution < -0.4 is 10.2 Å². The number of aryl methyl sites for hydroxylation is 3. The maximum atomic E-state index is 3.45. The molecule has 21 heavy (non-hydrogen) atoms. The van der Waals surface area contributed by atoms with Crippen molar-refractivity contribution in [1.29, 1.82) is 0 Å². The quantitative estimate of drug-likeness (QED) is 0.891. The highest BCUT2D eigenvalue weighted by atomic mass is 15.1. The van der Waals surface area contributed by atoms with Gasteiger partial charge in [0.1, 0.15) is 0 Å². The molecule has 0 amide bonds. The van der Waals surface area contributed by atoms with Crippen molar-refractivity contribution in [1.82, 2.24) is 5.32 Å². The molecule has 0 aliphatic rings. The Labute approximate surface area is 128 Å². The van der Waals surface area contributed by atoms with Gasteiger partial charge in [-0.2, -0.15) is 0 Å². The predicted octanol–water partition coefficient (Wildman–Crippen LogP) is 4.01. The Bertz CT molecular complexity index is 604. The van der Waals surface area contributed by atoms with Crippen LogP contribution in [0.2, 0.25) is 0 Å². The summed E-state index contributed by atoms with van der Waals surface area (Å²) < 4.78 is 0. The largest absolute Gasteiger partial charge is 0.372 e. The van der Waals surface area contributed by atoms with Gasteiger partial charge in [0, 0.05) is 25.3 Å². The van der Waals surface area contributed by atoms with Crippen molar-refractivity contribution in [2.45, 2.75) is 26.8 Å². The second-order valence-electron chi connectivity index (χ2n) is 5.87. The highest BCUT2D eigenvalue weighted by Gasteiger charge is 2.15. The van der Waals surface area contributed by atoms with Gasteiger partial charge in [0.15, 0.2) is 0 Å². The predicted molar refractivity (Wildman–Crippen MR) is 92.2 cm³/mol. The monoisotopic (exact) mass is 282 g/mol. The molecule has 0 aliphatic heterocycles. The molecule has 0 fully saturated rings. The minimum atomic E-state index is 0.330. The Kier molecular flexibility index (Phi) is 5.03. The van der Waals surface area contributed by atoms with Crippen LogP contribution in [0.3, 0.4) is 0 Å². The fourth-order valence-electron chi connectivity index (χ4n) is 2.93. The van der Waals surface area contributed by atoms with E-state index in [1.165, 1.54) is 27.9 Å². The van der Waals surface area contributed by atoms with Crippen LogP contribution in [0.4, 0.5) is 5.69 Å². The van der Waals surface area contributed by atoms with Gasteiger partial charge in [-0.3, -0.25) is 0 Å². The molecule has 2 nitrogen and oxygen atoms in total. The summed E-state index contributed by atoms with van der Waals surface area (Å²) in [5.74, 6) is 0. The van der Waals surface area contributed by atoms with E-state index in [0.29, 0.717) is 6.04 Å². The molecule has 1 N–H and O–H groups in total. The Morgan fingerprint density at radius 1 is 1.00 bits per heavy atom. The van der Waals surface area contributed by atoms with Crippen LogP contribution in [0, 0.1) is 20.8 Å². The van der Waals surface area contributed by atoms with Crippen molar-refractivity contribution in [2.75, 3.05) is 25.5 Å². The molecule has 2 aromatic rings. The highest BCUT2D eigenvalue weighted by Crippen LogP contribution is 2.24. The molecule has 2 aromatic carbocycles. The van der Waals surface area contributed by atoms with Gasteiger partial charge in [-0.05, 0) is 50.6 Å². The van der Waals surface area contributed by atoms with E-state index in [-0.39, 0.29) is 0 Å². The van der Waals surface area contributed by atoms with Gasteiger partial charge in [-0.25, -0.2) is 0 Å². The first kappa shape index (κ1) is 15.6. The molecule has 0 heterocycles. The maximum Gasteiger partial charge on any atom is 0.0498 e. The number of nitrogens with zero attached hydrogens (tertiary/aromatic N) is 1. The third kappa shape index (κ3) is 3.64. The first-order valence-corrected chi connectivity index (χ1v) is 7.54.